The summed E-state index contributed by atoms with van der Waals surface area (Å²) in [6, 6.07) is 14.6. The van der Waals surface area contributed by atoms with E-state index in [-0.39, 0.29) is 0 Å². The fraction of sp³-hybridized carbons (Fsp3) is 0.353. The zero-order chi connectivity index (χ0) is 14.4. The van der Waals surface area contributed by atoms with Gasteiger partial charge in [0.15, 0.2) is 6.10 Å². The first kappa shape index (κ1) is 14.5. The average Bonchev–Trinajstić information content (AvgIpc) is 2.47. The van der Waals surface area contributed by atoms with Crippen LogP contribution >= 0.6 is 0 Å². The topological polar surface area (TPSA) is 46.5 Å². The number of aliphatic hydroxyl groups excluding tert-OH is 1. The number of esters is 1. The molecule has 0 aliphatic rings. The summed E-state index contributed by atoms with van der Waals surface area (Å²) in [5, 5.41) is 12.1. The first-order valence-corrected chi connectivity index (χ1v) is 7.03. The van der Waals surface area contributed by atoms with Crippen LogP contribution in [0.15, 0.2) is 42.5 Å². The molecule has 0 aliphatic heterocycles. The lowest BCUT2D eigenvalue weighted by molar-refractivity contribution is -0.153. The first-order valence-electron chi connectivity index (χ1n) is 7.03. The van der Waals surface area contributed by atoms with E-state index in [1.54, 1.807) is 6.92 Å². The molecule has 0 bridgehead atoms. The molecule has 3 nitrogen and oxygen atoms in total. The minimum atomic E-state index is -1.00. The van der Waals surface area contributed by atoms with Crippen LogP contribution < -0.4 is 0 Å². The molecule has 0 fully saturated rings. The van der Waals surface area contributed by atoms with Gasteiger partial charge in [-0.3, -0.25) is 0 Å². The van der Waals surface area contributed by atoms with E-state index >= 15 is 0 Å². The summed E-state index contributed by atoms with van der Waals surface area (Å²) in [7, 11) is 0. The Balaban J connectivity index is 1.88. The highest BCUT2D eigenvalue weighted by Gasteiger charge is 2.15. The molecule has 0 aliphatic carbocycles. The molecule has 3 heteroatoms. The van der Waals surface area contributed by atoms with E-state index in [0.717, 1.165) is 12.8 Å². The van der Waals surface area contributed by atoms with Gasteiger partial charge in [0.05, 0.1) is 6.61 Å². The number of carbonyl (C=O) groups excluding carboxylic acids is 1. The van der Waals surface area contributed by atoms with Gasteiger partial charge in [-0.05, 0) is 42.5 Å². The fourth-order valence-corrected chi connectivity index (χ4v) is 2.25. The Morgan fingerprint density at radius 1 is 1.20 bits per heavy atom. The molecule has 0 saturated heterocycles. The number of hydrogen-bond donors (Lipinski definition) is 1. The zero-order valence-electron chi connectivity index (χ0n) is 11.7. The highest BCUT2D eigenvalue weighted by atomic mass is 16.5. The molecule has 106 valence electrons. The Bertz CT molecular complexity index is 577. The van der Waals surface area contributed by atoms with Crippen molar-refractivity contribution in [2.24, 2.45) is 0 Å². The van der Waals surface area contributed by atoms with Crippen molar-refractivity contribution in [3.05, 3.63) is 48.0 Å². The molecular formula is C17H20O3. The van der Waals surface area contributed by atoms with Crippen LogP contribution in [0.3, 0.4) is 0 Å². The van der Waals surface area contributed by atoms with Gasteiger partial charge >= 0.3 is 5.97 Å². The Kier molecular flexibility index (Phi) is 5.13. The van der Waals surface area contributed by atoms with Crippen molar-refractivity contribution in [3.8, 4) is 0 Å². The SMILES string of the molecule is CCOC(=O)C(O)CCCc1ccc2ccccc2c1. The van der Waals surface area contributed by atoms with E-state index in [9.17, 15) is 9.90 Å². The van der Waals surface area contributed by atoms with Gasteiger partial charge in [-0.15, -0.1) is 0 Å². The summed E-state index contributed by atoms with van der Waals surface area (Å²) in [5.74, 6) is -0.522. The molecule has 20 heavy (non-hydrogen) atoms. The second-order valence-corrected chi connectivity index (χ2v) is 4.84. The van der Waals surface area contributed by atoms with Gasteiger partial charge in [-0.1, -0.05) is 42.5 Å². The summed E-state index contributed by atoms with van der Waals surface area (Å²) in [6.45, 7) is 2.04. The molecule has 1 N–H and O–H groups in total. The zero-order valence-corrected chi connectivity index (χ0v) is 11.7. The van der Waals surface area contributed by atoms with Crippen molar-refractivity contribution in [1.29, 1.82) is 0 Å². The third kappa shape index (κ3) is 3.81. The molecule has 0 heterocycles. The van der Waals surface area contributed by atoms with Crippen molar-refractivity contribution in [2.45, 2.75) is 32.3 Å². The van der Waals surface area contributed by atoms with E-state index in [0.29, 0.717) is 13.0 Å². The van der Waals surface area contributed by atoms with Crippen molar-refractivity contribution < 1.29 is 14.6 Å². The maximum atomic E-state index is 11.3. The second kappa shape index (κ2) is 7.06. The van der Waals surface area contributed by atoms with Gasteiger partial charge < -0.3 is 9.84 Å². The summed E-state index contributed by atoms with van der Waals surface area (Å²) >= 11 is 0. The van der Waals surface area contributed by atoms with Crippen LogP contribution in [0.1, 0.15) is 25.3 Å². The lowest BCUT2D eigenvalue weighted by Gasteiger charge is -2.09. The van der Waals surface area contributed by atoms with Crippen molar-refractivity contribution in [2.75, 3.05) is 6.61 Å². The van der Waals surface area contributed by atoms with E-state index < -0.39 is 12.1 Å². The number of aliphatic hydroxyl groups is 1. The lowest BCUT2D eigenvalue weighted by atomic mass is 10.0. The van der Waals surface area contributed by atoms with Crippen molar-refractivity contribution >= 4 is 16.7 Å². The minimum absolute atomic E-state index is 0.306. The smallest absolute Gasteiger partial charge is 0.334 e. The van der Waals surface area contributed by atoms with Crippen LogP contribution in [0.2, 0.25) is 0 Å². The molecule has 2 aromatic rings. The number of rotatable bonds is 6. The minimum Gasteiger partial charge on any atom is -0.464 e. The van der Waals surface area contributed by atoms with Gasteiger partial charge in [0.25, 0.3) is 0 Å². The highest BCUT2D eigenvalue weighted by Crippen LogP contribution is 2.17. The van der Waals surface area contributed by atoms with E-state index in [4.69, 9.17) is 4.74 Å². The fourth-order valence-electron chi connectivity index (χ4n) is 2.25. The Morgan fingerprint density at radius 2 is 1.95 bits per heavy atom. The van der Waals surface area contributed by atoms with Crippen molar-refractivity contribution in [3.63, 3.8) is 0 Å². The molecule has 1 atom stereocenters. The summed E-state index contributed by atoms with van der Waals surface area (Å²) in [5.41, 5.74) is 1.22. The number of aryl methyl sites for hydroxylation is 1. The van der Waals surface area contributed by atoms with Crippen LogP contribution in [-0.4, -0.2) is 23.8 Å². The molecule has 2 aromatic carbocycles. The summed E-state index contributed by atoms with van der Waals surface area (Å²) in [6.07, 6.45) is 1.04. The molecular weight excluding hydrogens is 252 g/mol. The van der Waals surface area contributed by atoms with E-state index in [1.165, 1.54) is 16.3 Å². The Labute approximate surface area is 119 Å². The highest BCUT2D eigenvalue weighted by molar-refractivity contribution is 5.83. The Hall–Kier alpha value is -1.87. The lowest BCUT2D eigenvalue weighted by Crippen LogP contribution is -2.23. The normalized spacial score (nSPS) is 12.3. The maximum Gasteiger partial charge on any atom is 0.334 e. The number of hydrogen-bond acceptors (Lipinski definition) is 3. The van der Waals surface area contributed by atoms with Crippen LogP contribution in [0.4, 0.5) is 0 Å². The number of carbonyl (C=O) groups is 1. The monoisotopic (exact) mass is 272 g/mol. The quantitative estimate of drug-likeness (QED) is 0.822. The molecule has 0 amide bonds. The number of benzene rings is 2. The molecule has 1 unspecified atom stereocenters. The standard InChI is InChI=1S/C17H20O3/c1-2-20-17(19)16(18)9-5-6-13-10-11-14-7-3-4-8-15(14)12-13/h3-4,7-8,10-12,16,18H,2,5-6,9H2,1H3. The molecule has 0 aromatic heterocycles. The summed E-state index contributed by atoms with van der Waals surface area (Å²) < 4.78 is 4.78. The largest absolute Gasteiger partial charge is 0.464 e. The van der Waals surface area contributed by atoms with Crippen LogP contribution in [0, 0.1) is 0 Å². The van der Waals surface area contributed by atoms with E-state index in [1.807, 2.05) is 12.1 Å². The third-order valence-corrected chi connectivity index (χ3v) is 3.32. The predicted octanol–water partition coefficient (Wildman–Crippen LogP) is 3.09. The van der Waals surface area contributed by atoms with Crippen LogP contribution in [0.5, 0.6) is 0 Å². The van der Waals surface area contributed by atoms with Gasteiger partial charge in [-0.25, -0.2) is 4.79 Å². The molecule has 0 radical (unpaired) electrons. The third-order valence-electron chi connectivity index (χ3n) is 3.32. The second-order valence-electron chi connectivity index (χ2n) is 4.84. The molecule has 0 saturated carbocycles. The van der Waals surface area contributed by atoms with Gasteiger partial charge in [-0.2, -0.15) is 0 Å². The summed E-state index contributed by atoms with van der Waals surface area (Å²) in [4.78, 5) is 11.3. The predicted molar refractivity (Wildman–Crippen MR) is 79.5 cm³/mol. The average molecular weight is 272 g/mol. The van der Waals surface area contributed by atoms with Gasteiger partial charge in [0.2, 0.25) is 0 Å². The van der Waals surface area contributed by atoms with Gasteiger partial charge in [0, 0.05) is 0 Å². The Morgan fingerprint density at radius 3 is 2.70 bits per heavy atom. The molecule has 2 rings (SSSR count). The maximum absolute atomic E-state index is 11.3. The van der Waals surface area contributed by atoms with Crippen molar-refractivity contribution in [1.82, 2.24) is 0 Å². The molecule has 0 spiro atoms. The van der Waals surface area contributed by atoms with Crippen LogP contribution in [-0.2, 0) is 16.0 Å². The van der Waals surface area contributed by atoms with Gasteiger partial charge in [0.1, 0.15) is 0 Å². The van der Waals surface area contributed by atoms with Crippen LogP contribution in [0.25, 0.3) is 10.8 Å². The number of fused-ring (bicyclic) bond motifs is 1. The van der Waals surface area contributed by atoms with E-state index in [2.05, 4.69) is 30.3 Å². The number of ether oxygens (including phenoxy) is 1. The first-order chi connectivity index (χ1) is 9.70.